The first-order valence-corrected chi connectivity index (χ1v) is 6.20. The molecule has 17 heavy (non-hydrogen) atoms. The number of rotatable bonds is 4. The van der Waals surface area contributed by atoms with Gasteiger partial charge in [0.2, 0.25) is 6.10 Å². The Morgan fingerprint density at radius 2 is 1.71 bits per heavy atom. The van der Waals surface area contributed by atoms with Crippen LogP contribution >= 0.6 is 7.82 Å². The maximum Gasteiger partial charge on any atom is 0.475 e. The summed E-state index contributed by atoms with van der Waals surface area (Å²) in [6.45, 7) is -0.139. The molecule has 0 amide bonds. The number of fused-ring (bicyclic) bond motifs is 1. The van der Waals surface area contributed by atoms with Crippen LogP contribution in [0.25, 0.3) is 0 Å². The minimum absolute atomic E-state index is 0.0460. The molecule has 2 heterocycles. The molecular weight excluding hydrogens is 261 g/mol. The Labute approximate surface area is 94.8 Å². The Kier molecular flexibility index (Phi) is 3.34. The SMILES string of the molecule is O=[N+](O)O[C@@H]1CO[C@@H]2[C@@H]1OC[C@@H]2OP(=O)(O)O. The predicted molar refractivity (Wildman–Crippen MR) is 46.7 cm³/mol. The number of hydrogen-bond donors (Lipinski definition) is 3. The molecule has 2 aliphatic heterocycles. The quantitative estimate of drug-likeness (QED) is 0.422. The molecule has 11 heteroatoms. The lowest BCUT2D eigenvalue weighted by molar-refractivity contribution is -0.982. The van der Waals surface area contributed by atoms with Gasteiger partial charge in [0.15, 0.2) is 0 Å². The smallest absolute Gasteiger partial charge is 0.368 e. The summed E-state index contributed by atoms with van der Waals surface area (Å²) in [7, 11) is -4.63. The largest absolute Gasteiger partial charge is 0.475 e. The van der Waals surface area contributed by atoms with Gasteiger partial charge in [-0.2, -0.15) is 4.84 Å². The van der Waals surface area contributed by atoms with Crippen molar-refractivity contribution >= 4 is 7.82 Å². The lowest BCUT2D eigenvalue weighted by Crippen LogP contribution is -2.34. The van der Waals surface area contributed by atoms with Crippen molar-refractivity contribution in [2.24, 2.45) is 0 Å². The van der Waals surface area contributed by atoms with Gasteiger partial charge in [0, 0.05) is 0 Å². The molecule has 2 saturated heterocycles. The molecule has 0 aromatic carbocycles. The van der Waals surface area contributed by atoms with E-state index in [2.05, 4.69) is 9.36 Å². The monoisotopic (exact) mass is 272 g/mol. The van der Waals surface area contributed by atoms with E-state index in [4.69, 9.17) is 24.5 Å². The highest BCUT2D eigenvalue weighted by Crippen LogP contribution is 2.42. The van der Waals surface area contributed by atoms with E-state index in [0.717, 1.165) is 0 Å². The van der Waals surface area contributed by atoms with E-state index in [-0.39, 0.29) is 13.2 Å². The Morgan fingerprint density at radius 1 is 1.18 bits per heavy atom. The van der Waals surface area contributed by atoms with E-state index in [9.17, 15) is 9.47 Å². The molecule has 3 N–H and O–H groups in total. The van der Waals surface area contributed by atoms with Gasteiger partial charge in [-0.25, -0.2) is 9.77 Å². The van der Waals surface area contributed by atoms with Crippen LogP contribution in [-0.2, 0) is 23.4 Å². The molecule has 0 unspecified atom stereocenters. The molecule has 2 rings (SSSR count). The summed E-state index contributed by atoms with van der Waals surface area (Å²) < 4.78 is 25.4. The standard InChI is InChI=1S/C6H10NO9P/c8-7(9)15-3-1-13-6-4(2-14-5(3)6)16-17(10,11)12/h3-6H,1-2H2,(H2-,8,9,10,11,12)/p+1/t3-,4+,5-,6+/m1/s1. The maximum absolute atomic E-state index is 10.7. The molecule has 0 aromatic heterocycles. The molecule has 4 atom stereocenters. The predicted octanol–water partition coefficient (Wildman–Crippen LogP) is -1.27. The Balaban J connectivity index is 1.97. The first-order valence-electron chi connectivity index (χ1n) is 4.67. The lowest BCUT2D eigenvalue weighted by Gasteiger charge is -2.16. The van der Waals surface area contributed by atoms with Gasteiger partial charge in [0.05, 0.1) is 13.2 Å². The molecule has 10 nitrogen and oxygen atoms in total. The number of phosphoric ester groups is 1. The first-order chi connectivity index (χ1) is 7.87. The van der Waals surface area contributed by atoms with Crippen molar-refractivity contribution < 1.29 is 43.5 Å². The minimum atomic E-state index is -4.63. The van der Waals surface area contributed by atoms with Crippen LogP contribution in [0.5, 0.6) is 0 Å². The van der Waals surface area contributed by atoms with Crippen LogP contribution in [0.15, 0.2) is 0 Å². The fraction of sp³-hybridized carbons (Fsp3) is 1.00. The van der Waals surface area contributed by atoms with Crippen LogP contribution in [-0.4, -0.2) is 57.7 Å². The zero-order valence-electron chi connectivity index (χ0n) is 8.41. The normalized spacial score (nSPS) is 36.8. The minimum Gasteiger partial charge on any atom is -0.368 e. The van der Waals surface area contributed by atoms with E-state index in [1.165, 1.54) is 0 Å². The zero-order chi connectivity index (χ0) is 12.6. The number of phosphoric acid groups is 1. The summed E-state index contributed by atoms with van der Waals surface area (Å²) in [5.41, 5.74) is 0. The zero-order valence-corrected chi connectivity index (χ0v) is 9.30. The highest BCUT2D eigenvalue weighted by molar-refractivity contribution is 7.46. The molecular formula is C6H11NO9P+. The van der Waals surface area contributed by atoms with Crippen molar-refractivity contribution in [3.63, 3.8) is 0 Å². The number of ether oxygens (including phenoxy) is 2. The van der Waals surface area contributed by atoms with Crippen LogP contribution in [0.1, 0.15) is 0 Å². The molecule has 2 fully saturated rings. The highest BCUT2D eigenvalue weighted by Gasteiger charge is 2.53. The number of hydrogen-bond acceptors (Lipinski definition) is 6. The molecule has 0 saturated carbocycles. The maximum atomic E-state index is 10.7. The van der Waals surface area contributed by atoms with Gasteiger partial charge < -0.3 is 19.3 Å². The Bertz CT molecular complexity index is 355. The second kappa shape index (κ2) is 4.48. The molecule has 0 aromatic rings. The van der Waals surface area contributed by atoms with Crippen molar-refractivity contribution in [3.8, 4) is 0 Å². The fourth-order valence-electron chi connectivity index (χ4n) is 1.90. The molecule has 2 aliphatic rings. The second-order valence-corrected chi connectivity index (χ2v) is 4.80. The van der Waals surface area contributed by atoms with Crippen molar-refractivity contribution in [2.75, 3.05) is 13.2 Å². The summed E-state index contributed by atoms with van der Waals surface area (Å²) >= 11 is 0. The van der Waals surface area contributed by atoms with Gasteiger partial charge in [-0.15, -0.1) is 0 Å². The third-order valence-corrected chi connectivity index (χ3v) is 3.01. The summed E-state index contributed by atoms with van der Waals surface area (Å²) in [5.74, 6) is 0. The van der Waals surface area contributed by atoms with E-state index in [1.54, 1.807) is 0 Å². The third kappa shape index (κ3) is 2.92. The van der Waals surface area contributed by atoms with E-state index < -0.39 is 37.3 Å². The first kappa shape index (κ1) is 12.7. The average molecular weight is 272 g/mol. The number of nitrogens with zero attached hydrogens (tertiary/aromatic N) is 1. The average Bonchev–Trinajstić information content (AvgIpc) is 2.68. The van der Waals surface area contributed by atoms with Gasteiger partial charge >= 0.3 is 12.9 Å². The summed E-state index contributed by atoms with van der Waals surface area (Å²) in [4.78, 5) is 32.0. The van der Waals surface area contributed by atoms with E-state index in [1.807, 2.05) is 0 Å². The third-order valence-electron chi connectivity index (χ3n) is 2.46. The summed E-state index contributed by atoms with van der Waals surface area (Å²) in [5, 5.41) is 7.66. The van der Waals surface area contributed by atoms with E-state index >= 15 is 0 Å². The molecule has 98 valence electrons. The Morgan fingerprint density at radius 3 is 2.24 bits per heavy atom. The molecule has 0 aliphatic carbocycles. The van der Waals surface area contributed by atoms with Gasteiger partial charge in [0.25, 0.3) is 0 Å². The highest BCUT2D eigenvalue weighted by atomic mass is 31.2. The molecule has 0 spiro atoms. The molecule has 0 radical (unpaired) electrons. The summed E-state index contributed by atoms with van der Waals surface area (Å²) in [6, 6.07) is 0. The van der Waals surface area contributed by atoms with Crippen molar-refractivity contribution in [2.45, 2.75) is 24.4 Å². The lowest BCUT2D eigenvalue weighted by atomic mass is 10.1. The van der Waals surface area contributed by atoms with Gasteiger partial charge in [0.1, 0.15) is 23.2 Å². The topological polar surface area (TPSA) is 135 Å². The van der Waals surface area contributed by atoms with Crippen molar-refractivity contribution in [1.82, 2.24) is 0 Å². The molecule has 0 bridgehead atoms. The van der Waals surface area contributed by atoms with Crippen LogP contribution in [0.4, 0.5) is 0 Å². The Hall–Kier alpha value is -0.770. The summed E-state index contributed by atoms with van der Waals surface area (Å²) in [6.07, 6.45) is -3.23. The van der Waals surface area contributed by atoms with Crippen LogP contribution in [0.3, 0.4) is 0 Å². The van der Waals surface area contributed by atoms with Gasteiger partial charge in [-0.05, 0) is 0 Å². The fourth-order valence-corrected chi connectivity index (χ4v) is 2.44. The van der Waals surface area contributed by atoms with Crippen LogP contribution in [0.2, 0.25) is 0 Å². The van der Waals surface area contributed by atoms with Crippen LogP contribution < -0.4 is 0 Å². The van der Waals surface area contributed by atoms with Gasteiger partial charge in [-0.3, -0.25) is 4.52 Å². The van der Waals surface area contributed by atoms with Crippen molar-refractivity contribution in [3.05, 3.63) is 4.91 Å². The second-order valence-electron chi connectivity index (χ2n) is 3.61. The van der Waals surface area contributed by atoms with Crippen molar-refractivity contribution in [1.29, 1.82) is 0 Å². The van der Waals surface area contributed by atoms with Gasteiger partial charge in [-0.1, -0.05) is 0 Å². The van der Waals surface area contributed by atoms with Crippen LogP contribution in [0, 0.1) is 4.91 Å². The van der Waals surface area contributed by atoms with E-state index in [0.29, 0.717) is 0 Å².